The molecule has 0 aliphatic carbocycles. The molecule has 1 aromatic carbocycles. The van der Waals surface area contributed by atoms with E-state index >= 15 is 0 Å². The van der Waals surface area contributed by atoms with Gasteiger partial charge in [0.15, 0.2) is 0 Å². The van der Waals surface area contributed by atoms with Gasteiger partial charge >= 0.3 is 0 Å². The SMILES string of the molecule is Cc1c(Cl)cccc1Nc1ccnc(F)c1. The number of anilines is 2. The zero-order valence-electron chi connectivity index (χ0n) is 8.67. The number of pyridine rings is 1. The summed E-state index contributed by atoms with van der Waals surface area (Å²) in [5, 5.41) is 3.77. The monoisotopic (exact) mass is 236 g/mol. The maximum Gasteiger partial charge on any atom is 0.214 e. The number of rotatable bonds is 2. The van der Waals surface area contributed by atoms with Crippen molar-refractivity contribution < 1.29 is 4.39 Å². The molecule has 16 heavy (non-hydrogen) atoms. The summed E-state index contributed by atoms with van der Waals surface area (Å²) in [6.07, 6.45) is 1.41. The van der Waals surface area contributed by atoms with Gasteiger partial charge in [-0.05, 0) is 30.7 Å². The van der Waals surface area contributed by atoms with Gasteiger partial charge in [0.1, 0.15) is 0 Å². The summed E-state index contributed by atoms with van der Waals surface area (Å²) in [6.45, 7) is 1.90. The molecule has 1 aromatic heterocycles. The van der Waals surface area contributed by atoms with Crippen molar-refractivity contribution in [3.05, 3.63) is 53.1 Å². The zero-order chi connectivity index (χ0) is 11.5. The molecular formula is C12H10ClFN2. The van der Waals surface area contributed by atoms with Crippen LogP contribution >= 0.6 is 11.6 Å². The Morgan fingerprint density at radius 2 is 2.12 bits per heavy atom. The second-order valence-electron chi connectivity index (χ2n) is 3.40. The second kappa shape index (κ2) is 4.49. The Morgan fingerprint density at radius 3 is 2.88 bits per heavy atom. The molecule has 0 radical (unpaired) electrons. The summed E-state index contributed by atoms with van der Waals surface area (Å²) in [5.74, 6) is -0.510. The maximum atomic E-state index is 12.9. The fourth-order valence-electron chi connectivity index (χ4n) is 1.38. The quantitative estimate of drug-likeness (QED) is 0.800. The van der Waals surface area contributed by atoms with Crippen molar-refractivity contribution in [3.63, 3.8) is 0 Å². The Bertz CT molecular complexity index is 514. The van der Waals surface area contributed by atoms with Gasteiger partial charge in [-0.1, -0.05) is 17.7 Å². The Morgan fingerprint density at radius 1 is 1.31 bits per heavy atom. The largest absolute Gasteiger partial charge is 0.355 e. The molecule has 2 rings (SSSR count). The molecule has 1 N–H and O–H groups in total. The minimum Gasteiger partial charge on any atom is -0.355 e. The van der Waals surface area contributed by atoms with E-state index < -0.39 is 5.95 Å². The summed E-state index contributed by atoms with van der Waals surface area (Å²) in [4.78, 5) is 3.49. The minimum atomic E-state index is -0.510. The molecule has 0 spiro atoms. The molecule has 1 heterocycles. The molecule has 0 amide bonds. The lowest BCUT2D eigenvalue weighted by atomic mass is 10.2. The van der Waals surface area contributed by atoms with Gasteiger partial charge in [0.25, 0.3) is 0 Å². The number of nitrogens with one attached hydrogen (secondary N) is 1. The molecule has 2 nitrogen and oxygen atoms in total. The van der Waals surface area contributed by atoms with Crippen LogP contribution in [0.25, 0.3) is 0 Å². The minimum absolute atomic E-state index is 0.510. The van der Waals surface area contributed by atoms with Crippen LogP contribution in [-0.2, 0) is 0 Å². The maximum absolute atomic E-state index is 12.9. The third kappa shape index (κ3) is 2.31. The fourth-order valence-corrected chi connectivity index (χ4v) is 1.55. The lowest BCUT2D eigenvalue weighted by molar-refractivity contribution is 0.584. The average molecular weight is 237 g/mol. The van der Waals surface area contributed by atoms with Crippen LogP contribution in [0, 0.1) is 12.9 Å². The first-order valence-corrected chi connectivity index (χ1v) is 5.18. The Labute approximate surface area is 98.1 Å². The van der Waals surface area contributed by atoms with Gasteiger partial charge in [0.05, 0.1) is 0 Å². The molecule has 0 bridgehead atoms. The van der Waals surface area contributed by atoms with Crippen molar-refractivity contribution in [2.45, 2.75) is 6.92 Å². The van der Waals surface area contributed by atoms with E-state index in [0.29, 0.717) is 10.7 Å². The van der Waals surface area contributed by atoms with E-state index in [1.54, 1.807) is 6.07 Å². The summed E-state index contributed by atoms with van der Waals surface area (Å²) in [5.41, 5.74) is 2.44. The van der Waals surface area contributed by atoms with Crippen LogP contribution in [-0.4, -0.2) is 4.98 Å². The number of benzene rings is 1. The Balaban J connectivity index is 2.31. The third-order valence-corrected chi connectivity index (χ3v) is 2.68. The van der Waals surface area contributed by atoms with Gasteiger partial charge in [-0.15, -0.1) is 0 Å². The van der Waals surface area contributed by atoms with E-state index in [2.05, 4.69) is 10.3 Å². The highest BCUT2D eigenvalue weighted by molar-refractivity contribution is 6.31. The van der Waals surface area contributed by atoms with Crippen LogP contribution in [0.3, 0.4) is 0 Å². The molecule has 82 valence electrons. The summed E-state index contributed by atoms with van der Waals surface area (Å²) >= 11 is 5.98. The molecule has 0 aliphatic rings. The van der Waals surface area contributed by atoms with Crippen LogP contribution in [0.2, 0.25) is 5.02 Å². The lowest BCUT2D eigenvalue weighted by Crippen LogP contribution is -1.94. The van der Waals surface area contributed by atoms with Gasteiger partial charge < -0.3 is 5.32 Å². The Kier molecular flexibility index (Phi) is 3.06. The van der Waals surface area contributed by atoms with Crippen molar-refractivity contribution in [1.82, 2.24) is 4.98 Å². The highest BCUT2D eigenvalue weighted by Gasteiger charge is 2.02. The fraction of sp³-hybridized carbons (Fsp3) is 0.0833. The topological polar surface area (TPSA) is 24.9 Å². The molecule has 0 aliphatic heterocycles. The Hall–Kier alpha value is -1.61. The molecule has 4 heteroatoms. The van der Waals surface area contributed by atoms with Gasteiger partial charge in [-0.3, -0.25) is 0 Å². The van der Waals surface area contributed by atoms with Gasteiger partial charge in [-0.2, -0.15) is 4.39 Å². The summed E-state index contributed by atoms with van der Waals surface area (Å²) in [7, 11) is 0. The number of hydrogen-bond acceptors (Lipinski definition) is 2. The van der Waals surface area contributed by atoms with Crippen LogP contribution in [0.15, 0.2) is 36.5 Å². The molecule has 0 fully saturated rings. The van der Waals surface area contributed by atoms with Gasteiger partial charge in [0, 0.05) is 28.7 Å². The summed E-state index contributed by atoms with van der Waals surface area (Å²) in [6, 6.07) is 8.58. The first-order valence-electron chi connectivity index (χ1n) is 4.80. The first kappa shape index (κ1) is 10.9. The highest BCUT2D eigenvalue weighted by Crippen LogP contribution is 2.25. The predicted octanol–water partition coefficient (Wildman–Crippen LogP) is 3.93. The normalized spacial score (nSPS) is 10.2. The van der Waals surface area contributed by atoms with Crippen LogP contribution < -0.4 is 5.32 Å². The number of aromatic nitrogens is 1. The molecule has 0 atom stereocenters. The number of nitrogens with zero attached hydrogens (tertiary/aromatic N) is 1. The molecule has 0 unspecified atom stereocenters. The van der Waals surface area contributed by atoms with E-state index in [-0.39, 0.29) is 0 Å². The summed E-state index contributed by atoms with van der Waals surface area (Å²) < 4.78 is 12.9. The van der Waals surface area contributed by atoms with E-state index in [0.717, 1.165) is 11.3 Å². The van der Waals surface area contributed by atoms with E-state index in [1.165, 1.54) is 12.3 Å². The molecular weight excluding hydrogens is 227 g/mol. The third-order valence-electron chi connectivity index (χ3n) is 2.27. The lowest BCUT2D eigenvalue weighted by Gasteiger charge is -2.10. The van der Waals surface area contributed by atoms with Crippen LogP contribution in [0.1, 0.15) is 5.56 Å². The molecule has 0 saturated carbocycles. The standard InChI is InChI=1S/C12H10ClFN2/c1-8-10(13)3-2-4-11(8)16-9-5-6-15-12(14)7-9/h2-7H,1H3,(H,15,16). The van der Waals surface area contributed by atoms with Crippen molar-refractivity contribution in [2.24, 2.45) is 0 Å². The van der Waals surface area contributed by atoms with Crippen molar-refractivity contribution in [2.75, 3.05) is 5.32 Å². The molecule has 0 saturated heterocycles. The smallest absolute Gasteiger partial charge is 0.214 e. The van der Waals surface area contributed by atoms with Crippen molar-refractivity contribution in [1.29, 1.82) is 0 Å². The van der Waals surface area contributed by atoms with E-state index in [1.807, 2.05) is 25.1 Å². The second-order valence-corrected chi connectivity index (χ2v) is 3.81. The zero-order valence-corrected chi connectivity index (χ0v) is 9.42. The van der Waals surface area contributed by atoms with Gasteiger partial charge in [0.2, 0.25) is 5.95 Å². The number of halogens is 2. The van der Waals surface area contributed by atoms with Crippen molar-refractivity contribution in [3.8, 4) is 0 Å². The van der Waals surface area contributed by atoms with Crippen LogP contribution in [0.5, 0.6) is 0 Å². The van der Waals surface area contributed by atoms with Gasteiger partial charge in [-0.25, -0.2) is 4.98 Å². The van der Waals surface area contributed by atoms with Crippen molar-refractivity contribution >= 4 is 23.0 Å². The number of hydrogen-bond donors (Lipinski definition) is 1. The van der Waals surface area contributed by atoms with E-state index in [4.69, 9.17) is 11.6 Å². The first-order chi connectivity index (χ1) is 7.66. The van der Waals surface area contributed by atoms with E-state index in [9.17, 15) is 4.39 Å². The highest BCUT2D eigenvalue weighted by atomic mass is 35.5. The van der Waals surface area contributed by atoms with Crippen LogP contribution in [0.4, 0.5) is 15.8 Å². The molecule has 2 aromatic rings. The predicted molar refractivity (Wildman–Crippen MR) is 63.7 cm³/mol. The average Bonchev–Trinajstić information content (AvgIpc) is 2.25.